The third kappa shape index (κ3) is 4.59. The number of piperazine rings is 1. The molecule has 1 atom stereocenters. The van der Waals surface area contributed by atoms with Crippen molar-refractivity contribution < 1.29 is 4.79 Å². The molecule has 31 heavy (non-hydrogen) atoms. The third-order valence-electron chi connectivity index (χ3n) is 5.69. The highest BCUT2D eigenvalue weighted by atomic mass is 16.2. The molecule has 1 fully saturated rings. The maximum absolute atomic E-state index is 13.1. The fourth-order valence-corrected chi connectivity index (χ4v) is 4.00. The second kappa shape index (κ2) is 8.85. The highest BCUT2D eigenvalue weighted by Crippen LogP contribution is 2.14. The van der Waals surface area contributed by atoms with E-state index in [0.29, 0.717) is 18.9 Å². The standard InChI is InChI=1S/C23H28N6O2/c1-17-15-18(2)28(24-17)21-9-10-22(30)29(25-21)19(3)23(31)27-13-11-26(12-14-27)16-20-7-5-4-6-8-20/h4-10,15,19H,11-14,16H2,1-3H3. The van der Waals surface area contributed by atoms with E-state index in [1.165, 1.54) is 16.3 Å². The van der Waals surface area contributed by atoms with Crippen molar-refractivity contribution in [3.8, 4) is 5.82 Å². The summed E-state index contributed by atoms with van der Waals surface area (Å²) in [7, 11) is 0. The summed E-state index contributed by atoms with van der Waals surface area (Å²) >= 11 is 0. The smallest absolute Gasteiger partial charge is 0.267 e. The van der Waals surface area contributed by atoms with E-state index in [1.54, 1.807) is 17.7 Å². The van der Waals surface area contributed by atoms with Crippen LogP contribution >= 0.6 is 0 Å². The number of hydrogen-bond donors (Lipinski definition) is 0. The van der Waals surface area contributed by atoms with Gasteiger partial charge in [0.05, 0.1) is 5.69 Å². The summed E-state index contributed by atoms with van der Waals surface area (Å²) in [5, 5.41) is 8.88. The zero-order chi connectivity index (χ0) is 22.0. The molecule has 1 aliphatic rings. The van der Waals surface area contributed by atoms with E-state index in [0.717, 1.165) is 31.0 Å². The lowest BCUT2D eigenvalue weighted by Gasteiger charge is -2.36. The van der Waals surface area contributed by atoms with Gasteiger partial charge >= 0.3 is 0 Å². The maximum atomic E-state index is 13.1. The molecule has 0 saturated carbocycles. The Labute approximate surface area is 181 Å². The van der Waals surface area contributed by atoms with Gasteiger partial charge in [-0.1, -0.05) is 30.3 Å². The molecule has 0 bridgehead atoms. The van der Waals surface area contributed by atoms with Crippen LogP contribution in [0.4, 0.5) is 0 Å². The molecule has 8 heteroatoms. The molecule has 3 heterocycles. The van der Waals surface area contributed by atoms with Crippen LogP contribution in [0.1, 0.15) is 29.9 Å². The number of carbonyl (C=O) groups is 1. The monoisotopic (exact) mass is 420 g/mol. The number of aromatic nitrogens is 4. The lowest BCUT2D eigenvalue weighted by atomic mass is 10.2. The molecule has 0 spiro atoms. The van der Waals surface area contributed by atoms with Crippen molar-refractivity contribution >= 4 is 5.91 Å². The summed E-state index contributed by atoms with van der Waals surface area (Å²) < 4.78 is 2.95. The number of aryl methyl sites for hydroxylation is 2. The lowest BCUT2D eigenvalue weighted by Crippen LogP contribution is -2.50. The summed E-state index contributed by atoms with van der Waals surface area (Å²) in [5.74, 6) is 0.442. The summed E-state index contributed by atoms with van der Waals surface area (Å²) in [6, 6.07) is 14.7. The molecule has 1 saturated heterocycles. The van der Waals surface area contributed by atoms with Crippen molar-refractivity contribution in [3.05, 3.63) is 75.8 Å². The van der Waals surface area contributed by atoms with Crippen LogP contribution < -0.4 is 5.56 Å². The minimum atomic E-state index is -0.676. The summed E-state index contributed by atoms with van der Waals surface area (Å²) in [4.78, 5) is 29.8. The molecule has 0 aliphatic carbocycles. The van der Waals surface area contributed by atoms with E-state index in [-0.39, 0.29) is 11.5 Å². The summed E-state index contributed by atoms with van der Waals surface area (Å²) in [6.07, 6.45) is 0. The SMILES string of the molecule is Cc1cc(C)n(-c2ccc(=O)n(C(C)C(=O)N3CCN(Cc4ccccc4)CC3)n2)n1. The van der Waals surface area contributed by atoms with E-state index in [2.05, 4.69) is 27.2 Å². The Kier molecular flexibility index (Phi) is 5.99. The Bertz CT molecular complexity index is 1110. The van der Waals surface area contributed by atoms with Crippen LogP contribution in [0, 0.1) is 13.8 Å². The van der Waals surface area contributed by atoms with Crippen LogP contribution in [0.2, 0.25) is 0 Å². The van der Waals surface area contributed by atoms with E-state index >= 15 is 0 Å². The first-order valence-corrected chi connectivity index (χ1v) is 10.6. The second-order valence-electron chi connectivity index (χ2n) is 8.08. The van der Waals surface area contributed by atoms with Gasteiger partial charge in [0, 0.05) is 44.5 Å². The molecule has 0 N–H and O–H groups in total. The van der Waals surface area contributed by atoms with Gasteiger partial charge in [0.15, 0.2) is 5.82 Å². The largest absolute Gasteiger partial charge is 0.338 e. The number of rotatable bonds is 5. The van der Waals surface area contributed by atoms with Crippen LogP contribution in [0.5, 0.6) is 0 Å². The molecule has 1 unspecified atom stereocenters. The number of benzene rings is 1. The van der Waals surface area contributed by atoms with Crippen LogP contribution in [0.15, 0.2) is 53.3 Å². The number of carbonyl (C=O) groups excluding carboxylic acids is 1. The second-order valence-corrected chi connectivity index (χ2v) is 8.08. The van der Waals surface area contributed by atoms with Crippen molar-refractivity contribution in [1.29, 1.82) is 0 Å². The molecule has 1 aliphatic heterocycles. The van der Waals surface area contributed by atoms with E-state index in [4.69, 9.17) is 0 Å². The molecule has 3 aromatic rings. The molecule has 8 nitrogen and oxygen atoms in total. The van der Waals surface area contributed by atoms with Crippen molar-refractivity contribution in [2.24, 2.45) is 0 Å². The van der Waals surface area contributed by atoms with Gasteiger partial charge in [-0.3, -0.25) is 14.5 Å². The summed E-state index contributed by atoms with van der Waals surface area (Å²) in [6.45, 7) is 9.35. The average molecular weight is 421 g/mol. The number of amides is 1. The molecule has 0 radical (unpaired) electrons. The van der Waals surface area contributed by atoms with Crippen molar-refractivity contribution in [3.63, 3.8) is 0 Å². The molecular formula is C23H28N6O2. The van der Waals surface area contributed by atoms with E-state index in [1.807, 2.05) is 43.0 Å². The quantitative estimate of drug-likeness (QED) is 0.631. The molecule has 4 rings (SSSR count). The van der Waals surface area contributed by atoms with E-state index in [9.17, 15) is 9.59 Å². The van der Waals surface area contributed by atoms with Crippen LogP contribution in [0.3, 0.4) is 0 Å². The van der Waals surface area contributed by atoms with Crippen molar-refractivity contribution in [2.45, 2.75) is 33.4 Å². The Morgan fingerprint density at radius 2 is 1.71 bits per heavy atom. The van der Waals surface area contributed by atoms with Gasteiger partial charge in [0.25, 0.3) is 5.56 Å². The fourth-order valence-electron chi connectivity index (χ4n) is 4.00. The predicted octanol–water partition coefficient (Wildman–Crippen LogP) is 1.95. The molecular weight excluding hydrogens is 392 g/mol. The van der Waals surface area contributed by atoms with Gasteiger partial charge in [0.1, 0.15) is 6.04 Å². The van der Waals surface area contributed by atoms with Gasteiger partial charge in [-0.25, -0.2) is 9.36 Å². The topological polar surface area (TPSA) is 76.3 Å². The lowest BCUT2D eigenvalue weighted by molar-refractivity contribution is -0.136. The minimum absolute atomic E-state index is 0.0838. The van der Waals surface area contributed by atoms with Crippen molar-refractivity contribution in [2.75, 3.05) is 26.2 Å². The van der Waals surface area contributed by atoms with Gasteiger partial charge < -0.3 is 4.90 Å². The Balaban J connectivity index is 1.44. The highest BCUT2D eigenvalue weighted by Gasteiger charge is 2.27. The Hall–Kier alpha value is -3.26. The van der Waals surface area contributed by atoms with Gasteiger partial charge in [-0.05, 0) is 38.5 Å². The Morgan fingerprint density at radius 3 is 2.35 bits per heavy atom. The van der Waals surface area contributed by atoms with Gasteiger partial charge in [-0.2, -0.15) is 5.10 Å². The minimum Gasteiger partial charge on any atom is -0.338 e. The highest BCUT2D eigenvalue weighted by molar-refractivity contribution is 5.80. The summed E-state index contributed by atoms with van der Waals surface area (Å²) in [5.41, 5.74) is 2.76. The normalized spacial score (nSPS) is 15.8. The first-order chi connectivity index (χ1) is 14.9. The van der Waals surface area contributed by atoms with Crippen LogP contribution in [0.25, 0.3) is 5.82 Å². The average Bonchev–Trinajstić information content (AvgIpc) is 3.12. The van der Waals surface area contributed by atoms with Gasteiger partial charge in [0.2, 0.25) is 5.91 Å². The molecule has 162 valence electrons. The van der Waals surface area contributed by atoms with Crippen molar-refractivity contribution in [1.82, 2.24) is 29.4 Å². The van der Waals surface area contributed by atoms with Gasteiger partial charge in [-0.15, -0.1) is 5.10 Å². The third-order valence-corrected chi connectivity index (χ3v) is 5.69. The first-order valence-electron chi connectivity index (χ1n) is 10.6. The molecule has 1 aromatic carbocycles. The van der Waals surface area contributed by atoms with E-state index < -0.39 is 6.04 Å². The number of hydrogen-bond acceptors (Lipinski definition) is 5. The molecule has 2 aromatic heterocycles. The Morgan fingerprint density at radius 1 is 1.00 bits per heavy atom. The van der Waals surface area contributed by atoms with Crippen LogP contribution in [-0.4, -0.2) is 61.4 Å². The predicted molar refractivity (Wildman–Crippen MR) is 118 cm³/mol. The maximum Gasteiger partial charge on any atom is 0.267 e. The molecule has 1 amide bonds. The zero-order valence-corrected chi connectivity index (χ0v) is 18.2. The zero-order valence-electron chi connectivity index (χ0n) is 18.2. The fraction of sp³-hybridized carbons (Fsp3) is 0.391. The van der Waals surface area contributed by atoms with Crippen LogP contribution in [-0.2, 0) is 11.3 Å². The number of nitrogens with zero attached hydrogens (tertiary/aromatic N) is 6. The first kappa shape index (κ1) is 21.0.